The van der Waals surface area contributed by atoms with E-state index in [4.69, 9.17) is 5.11 Å². The zero-order chi connectivity index (χ0) is 16.8. The first-order valence-electron chi connectivity index (χ1n) is 7.98. The number of piperidine rings is 1. The molecule has 0 saturated carbocycles. The van der Waals surface area contributed by atoms with E-state index in [1.807, 2.05) is 4.90 Å². The van der Waals surface area contributed by atoms with E-state index in [9.17, 15) is 9.59 Å². The van der Waals surface area contributed by atoms with Gasteiger partial charge in [0.05, 0.1) is 0 Å². The van der Waals surface area contributed by atoms with E-state index in [1.165, 1.54) is 11.1 Å². The van der Waals surface area contributed by atoms with Crippen molar-refractivity contribution in [3.63, 3.8) is 0 Å². The molecule has 1 saturated heterocycles. The number of amides is 2. The number of likely N-dealkylation sites (tertiary alicyclic amines) is 1. The normalized spacial score (nSPS) is 15.5. The molecule has 0 aliphatic carbocycles. The molecule has 0 atom stereocenters. The van der Waals surface area contributed by atoms with Gasteiger partial charge in [-0.3, -0.25) is 4.79 Å². The molecule has 2 N–H and O–H groups in total. The van der Waals surface area contributed by atoms with E-state index in [-0.39, 0.29) is 12.5 Å². The van der Waals surface area contributed by atoms with E-state index in [1.54, 1.807) is 0 Å². The van der Waals surface area contributed by atoms with E-state index >= 15 is 0 Å². The number of rotatable bonds is 5. The van der Waals surface area contributed by atoms with Crippen molar-refractivity contribution in [1.82, 2.24) is 10.2 Å². The summed E-state index contributed by atoms with van der Waals surface area (Å²) in [6.07, 6.45) is 2.48. The maximum atomic E-state index is 12.0. The number of hydrogen-bond acceptors (Lipinski definition) is 2. The molecule has 0 radical (unpaired) electrons. The molecule has 2 rings (SSSR count). The molecule has 126 valence electrons. The van der Waals surface area contributed by atoms with Gasteiger partial charge in [-0.2, -0.15) is 0 Å². The summed E-state index contributed by atoms with van der Waals surface area (Å²) in [6.45, 7) is 3.99. The largest absolute Gasteiger partial charge is 0.481 e. The van der Waals surface area contributed by atoms with Gasteiger partial charge in [0.25, 0.3) is 0 Å². The summed E-state index contributed by atoms with van der Waals surface area (Å²) in [5.41, 5.74) is 2.58. The number of carbonyl (C=O) groups excluding carboxylic acids is 1. The van der Waals surface area contributed by atoms with Gasteiger partial charge < -0.3 is 15.3 Å². The zero-order valence-electron chi connectivity index (χ0n) is 13.3. The molecule has 1 aliphatic heterocycles. The molecule has 0 spiro atoms. The number of benzene rings is 1. The lowest BCUT2D eigenvalue weighted by atomic mass is 9.89. The van der Waals surface area contributed by atoms with Crippen LogP contribution < -0.4 is 5.32 Å². The fraction of sp³-hybridized carbons (Fsp3) is 0.529. The average molecular weight is 383 g/mol. The van der Waals surface area contributed by atoms with Crippen LogP contribution in [0.3, 0.4) is 0 Å². The number of urea groups is 1. The van der Waals surface area contributed by atoms with Crippen LogP contribution in [0.25, 0.3) is 0 Å². The third kappa shape index (κ3) is 5.23. The highest BCUT2D eigenvalue weighted by molar-refractivity contribution is 9.10. The lowest BCUT2D eigenvalue weighted by molar-refractivity contribution is -0.137. The zero-order valence-corrected chi connectivity index (χ0v) is 14.9. The Morgan fingerprint density at radius 2 is 2.04 bits per heavy atom. The highest BCUT2D eigenvalue weighted by Gasteiger charge is 2.23. The Hall–Kier alpha value is -1.56. The van der Waals surface area contributed by atoms with Crippen LogP contribution >= 0.6 is 15.9 Å². The highest BCUT2D eigenvalue weighted by atomic mass is 79.9. The minimum Gasteiger partial charge on any atom is -0.481 e. The van der Waals surface area contributed by atoms with Gasteiger partial charge in [0.15, 0.2) is 0 Å². The summed E-state index contributed by atoms with van der Waals surface area (Å²) in [4.78, 5) is 24.3. The molecule has 23 heavy (non-hydrogen) atoms. The number of hydrogen-bond donors (Lipinski definition) is 2. The predicted molar refractivity (Wildman–Crippen MR) is 92.7 cm³/mol. The van der Waals surface area contributed by atoms with E-state index in [2.05, 4.69) is 46.4 Å². The minimum atomic E-state index is -0.829. The van der Waals surface area contributed by atoms with Crippen LogP contribution in [-0.2, 0) is 4.79 Å². The van der Waals surface area contributed by atoms with Gasteiger partial charge >= 0.3 is 12.0 Å². The van der Waals surface area contributed by atoms with Gasteiger partial charge in [0.2, 0.25) is 0 Å². The molecule has 1 aromatic rings. The molecule has 5 nitrogen and oxygen atoms in total. The second kappa shape index (κ2) is 8.34. The molecule has 1 fully saturated rings. The van der Waals surface area contributed by atoms with E-state index < -0.39 is 5.97 Å². The summed E-state index contributed by atoms with van der Waals surface area (Å²) in [5.74, 6) is -0.331. The molecule has 1 aromatic carbocycles. The molecular formula is C17H23BrN2O3. The Balaban J connectivity index is 1.77. The van der Waals surface area contributed by atoms with Gasteiger partial charge in [0, 0.05) is 30.5 Å². The van der Waals surface area contributed by atoms with Crippen LogP contribution in [0.4, 0.5) is 4.79 Å². The fourth-order valence-electron chi connectivity index (χ4n) is 2.88. The summed E-state index contributed by atoms with van der Waals surface area (Å²) < 4.78 is 1.12. The smallest absolute Gasteiger partial charge is 0.317 e. The van der Waals surface area contributed by atoms with Crippen molar-refractivity contribution in [3.05, 3.63) is 33.8 Å². The van der Waals surface area contributed by atoms with Crippen molar-refractivity contribution in [2.24, 2.45) is 0 Å². The standard InChI is InChI=1S/C17H23BrN2O3/c1-12-11-14(4-5-15(12)18)13-6-9-20(10-7-13)17(23)19-8-2-3-16(21)22/h4-5,11,13H,2-3,6-10H2,1H3,(H,19,23)(H,21,22). The third-order valence-electron chi connectivity index (χ3n) is 4.28. The lowest BCUT2D eigenvalue weighted by Crippen LogP contribution is -2.44. The van der Waals surface area contributed by atoms with Crippen molar-refractivity contribution < 1.29 is 14.7 Å². The van der Waals surface area contributed by atoms with Crippen molar-refractivity contribution in [3.8, 4) is 0 Å². The summed E-state index contributed by atoms with van der Waals surface area (Å²) >= 11 is 3.52. The number of nitrogens with zero attached hydrogens (tertiary/aromatic N) is 1. The fourth-order valence-corrected chi connectivity index (χ4v) is 3.13. The van der Waals surface area contributed by atoms with Gasteiger partial charge in [0.1, 0.15) is 0 Å². The predicted octanol–water partition coefficient (Wildman–Crippen LogP) is 3.51. The van der Waals surface area contributed by atoms with E-state index in [0.717, 1.165) is 30.4 Å². The van der Waals surface area contributed by atoms with Crippen LogP contribution in [0.15, 0.2) is 22.7 Å². The number of carbonyl (C=O) groups is 2. The molecule has 1 aliphatic rings. The number of carboxylic acids is 1. The first-order chi connectivity index (χ1) is 11.0. The summed E-state index contributed by atoms with van der Waals surface area (Å²) in [7, 11) is 0. The molecule has 2 amide bonds. The quantitative estimate of drug-likeness (QED) is 0.765. The summed E-state index contributed by atoms with van der Waals surface area (Å²) in [6, 6.07) is 6.38. The van der Waals surface area contributed by atoms with Crippen molar-refractivity contribution in [2.75, 3.05) is 19.6 Å². The Bertz CT molecular complexity index is 569. The SMILES string of the molecule is Cc1cc(C2CCN(C(=O)NCCCC(=O)O)CC2)ccc1Br. The van der Waals surface area contributed by atoms with Crippen molar-refractivity contribution in [2.45, 2.75) is 38.5 Å². The Kier molecular flexibility index (Phi) is 6.45. The van der Waals surface area contributed by atoms with Gasteiger partial charge in [-0.15, -0.1) is 0 Å². The van der Waals surface area contributed by atoms with Crippen LogP contribution in [0, 0.1) is 6.92 Å². The van der Waals surface area contributed by atoms with Crippen molar-refractivity contribution >= 4 is 27.9 Å². The van der Waals surface area contributed by atoms with Crippen molar-refractivity contribution in [1.29, 1.82) is 0 Å². The third-order valence-corrected chi connectivity index (χ3v) is 5.17. The van der Waals surface area contributed by atoms with Crippen LogP contribution in [0.2, 0.25) is 0 Å². The molecule has 0 bridgehead atoms. The lowest BCUT2D eigenvalue weighted by Gasteiger charge is -2.32. The first-order valence-corrected chi connectivity index (χ1v) is 8.77. The topological polar surface area (TPSA) is 69.6 Å². The maximum Gasteiger partial charge on any atom is 0.317 e. The maximum absolute atomic E-state index is 12.0. The number of halogens is 1. The average Bonchev–Trinajstić information content (AvgIpc) is 2.54. The second-order valence-corrected chi connectivity index (χ2v) is 6.85. The summed E-state index contributed by atoms with van der Waals surface area (Å²) in [5, 5.41) is 11.4. The molecule has 0 unspecified atom stereocenters. The number of aryl methyl sites for hydroxylation is 1. The Morgan fingerprint density at radius 3 is 2.65 bits per heavy atom. The van der Waals surface area contributed by atoms with Crippen LogP contribution in [0.5, 0.6) is 0 Å². The van der Waals surface area contributed by atoms with E-state index in [0.29, 0.717) is 18.9 Å². The molecular weight excluding hydrogens is 360 g/mol. The Morgan fingerprint density at radius 1 is 1.35 bits per heavy atom. The second-order valence-electron chi connectivity index (χ2n) is 6.00. The molecule has 1 heterocycles. The molecule has 6 heteroatoms. The number of aliphatic carboxylic acids is 1. The number of carboxylic acid groups (broad SMARTS) is 1. The van der Waals surface area contributed by atoms with Gasteiger partial charge in [-0.25, -0.2) is 4.79 Å². The van der Waals surface area contributed by atoms with Gasteiger partial charge in [-0.05, 0) is 49.3 Å². The minimum absolute atomic E-state index is 0.0826. The first kappa shape index (κ1) is 17.8. The van der Waals surface area contributed by atoms with Gasteiger partial charge in [-0.1, -0.05) is 28.1 Å². The highest BCUT2D eigenvalue weighted by Crippen LogP contribution is 2.30. The monoisotopic (exact) mass is 382 g/mol. The van der Waals surface area contributed by atoms with Crippen LogP contribution in [-0.4, -0.2) is 41.6 Å². The van der Waals surface area contributed by atoms with Crippen LogP contribution in [0.1, 0.15) is 42.7 Å². The Labute approximate surface area is 145 Å². The number of nitrogens with one attached hydrogen (secondary N) is 1. The molecule has 0 aromatic heterocycles.